The minimum absolute atomic E-state index is 0.108. The molecule has 0 atom stereocenters. The molecule has 2 aromatic rings. The minimum atomic E-state index is -3.54. The predicted molar refractivity (Wildman–Crippen MR) is 92.4 cm³/mol. The highest BCUT2D eigenvalue weighted by Crippen LogP contribution is 2.21. The van der Waals surface area contributed by atoms with Crippen LogP contribution < -0.4 is 4.72 Å². The van der Waals surface area contributed by atoms with Crippen LogP contribution in [0.4, 0.5) is 0 Å². The van der Waals surface area contributed by atoms with E-state index in [-0.39, 0.29) is 6.54 Å². The Hall–Kier alpha value is -1.33. The molecule has 0 aromatic heterocycles. The lowest BCUT2D eigenvalue weighted by Crippen LogP contribution is -2.20. The number of hydrogen-bond acceptors (Lipinski definition) is 2. The lowest BCUT2D eigenvalue weighted by molar-refractivity contribution is 0.591. The molecular weight excluding hydrogens is 341 g/mol. The Bertz CT molecular complexity index is 784. The van der Waals surface area contributed by atoms with E-state index in [4.69, 9.17) is 23.2 Å². The molecule has 0 fully saturated rings. The van der Waals surface area contributed by atoms with Crippen molar-refractivity contribution in [1.29, 1.82) is 0 Å². The molecule has 2 aromatic carbocycles. The number of benzene rings is 2. The van der Waals surface area contributed by atoms with Crippen molar-refractivity contribution < 1.29 is 8.42 Å². The SMILES string of the molecule is Cc1ccc(/C=C/S(=O)(=O)NCc2ccc(Cl)cc2Cl)cc1. The maximum absolute atomic E-state index is 12.0. The van der Waals surface area contributed by atoms with Gasteiger partial charge >= 0.3 is 0 Å². The van der Waals surface area contributed by atoms with Crippen molar-refractivity contribution in [3.8, 4) is 0 Å². The van der Waals surface area contributed by atoms with Gasteiger partial charge in [-0.15, -0.1) is 0 Å². The van der Waals surface area contributed by atoms with E-state index in [9.17, 15) is 8.42 Å². The molecule has 0 aliphatic rings. The number of halogens is 2. The van der Waals surface area contributed by atoms with Crippen LogP contribution in [0.1, 0.15) is 16.7 Å². The first kappa shape index (κ1) is 17.0. The molecule has 3 nitrogen and oxygen atoms in total. The first-order valence-electron chi connectivity index (χ1n) is 6.54. The second kappa shape index (κ2) is 7.29. The zero-order chi connectivity index (χ0) is 16.2. The Kier molecular flexibility index (Phi) is 5.64. The van der Waals surface area contributed by atoms with Gasteiger partial charge in [0.15, 0.2) is 0 Å². The average molecular weight is 356 g/mol. The molecule has 0 unspecified atom stereocenters. The number of rotatable bonds is 5. The third-order valence-corrected chi connectivity index (χ3v) is 4.62. The summed E-state index contributed by atoms with van der Waals surface area (Å²) >= 11 is 11.8. The third kappa shape index (κ3) is 5.14. The van der Waals surface area contributed by atoms with Gasteiger partial charge in [-0.05, 0) is 36.3 Å². The Balaban J connectivity index is 2.03. The first-order chi connectivity index (χ1) is 10.4. The van der Waals surface area contributed by atoms with E-state index in [1.807, 2.05) is 31.2 Å². The largest absolute Gasteiger partial charge is 0.234 e. The van der Waals surface area contributed by atoms with E-state index in [0.717, 1.165) is 16.5 Å². The fourth-order valence-corrected chi connectivity index (χ4v) is 3.00. The summed E-state index contributed by atoms with van der Waals surface area (Å²) in [7, 11) is -3.54. The summed E-state index contributed by atoms with van der Waals surface area (Å²) in [4.78, 5) is 0. The molecular formula is C16H15Cl2NO2S. The van der Waals surface area contributed by atoms with Gasteiger partial charge in [0.25, 0.3) is 0 Å². The van der Waals surface area contributed by atoms with E-state index >= 15 is 0 Å². The first-order valence-corrected chi connectivity index (χ1v) is 8.84. The number of sulfonamides is 1. The number of nitrogens with one attached hydrogen (secondary N) is 1. The molecule has 0 aliphatic carbocycles. The smallest absolute Gasteiger partial charge is 0.208 e. The van der Waals surface area contributed by atoms with Crippen molar-refractivity contribution in [2.75, 3.05) is 0 Å². The molecule has 116 valence electrons. The summed E-state index contributed by atoms with van der Waals surface area (Å²) in [6, 6.07) is 12.5. The molecule has 0 bridgehead atoms. The van der Waals surface area contributed by atoms with Crippen LogP contribution in [0.25, 0.3) is 6.08 Å². The molecule has 1 N–H and O–H groups in total. The van der Waals surface area contributed by atoms with E-state index in [2.05, 4.69) is 4.72 Å². The lowest BCUT2D eigenvalue weighted by Gasteiger charge is -2.05. The monoisotopic (exact) mass is 355 g/mol. The summed E-state index contributed by atoms with van der Waals surface area (Å²) in [5.41, 5.74) is 2.61. The van der Waals surface area contributed by atoms with Gasteiger partial charge in [0, 0.05) is 22.0 Å². The number of hydrogen-bond donors (Lipinski definition) is 1. The van der Waals surface area contributed by atoms with Crippen molar-refractivity contribution in [2.24, 2.45) is 0 Å². The van der Waals surface area contributed by atoms with Gasteiger partial charge in [-0.2, -0.15) is 0 Å². The van der Waals surface area contributed by atoms with Crippen molar-refractivity contribution in [3.05, 3.63) is 74.6 Å². The number of aryl methyl sites for hydroxylation is 1. The van der Waals surface area contributed by atoms with Crippen molar-refractivity contribution >= 4 is 39.3 Å². The van der Waals surface area contributed by atoms with Crippen molar-refractivity contribution in [2.45, 2.75) is 13.5 Å². The Labute approximate surface area is 140 Å². The van der Waals surface area contributed by atoms with Crippen LogP contribution in [0.5, 0.6) is 0 Å². The fourth-order valence-electron chi connectivity index (χ4n) is 1.74. The molecule has 0 saturated heterocycles. The average Bonchev–Trinajstić information content (AvgIpc) is 2.46. The van der Waals surface area contributed by atoms with Gasteiger partial charge in [-0.25, -0.2) is 13.1 Å². The zero-order valence-corrected chi connectivity index (χ0v) is 14.2. The van der Waals surface area contributed by atoms with Crippen LogP contribution in [-0.4, -0.2) is 8.42 Å². The molecule has 2 rings (SSSR count). The lowest BCUT2D eigenvalue weighted by atomic mass is 10.2. The summed E-state index contributed by atoms with van der Waals surface area (Å²) < 4.78 is 26.4. The third-order valence-electron chi connectivity index (χ3n) is 3.00. The van der Waals surface area contributed by atoms with E-state index < -0.39 is 10.0 Å². The standard InChI is InChI=1S/C16H15Cl2NO2S/c1-12-2-4-13(5-3-12)8-9-22(20,21)19-11-14-6-7-15(17)10-16(14)18/h2-10,19H,11H2,1H3/b9-8+. The van der Waals surface area contributed by atoms with Crippen LogP contribution in [0, 0.1) is 6.92 Å². The van der Waals surface area contributed by atoms with Gasteiger partial charge in [-0.1, -0.05) is 59.1 Å². The topological polar surface area (TPSA) is 46.2 Å². The summed E-state index contributed by atoms with van der Waals surface area (Å²) in [6.45, 7) is 2.08. The summed E-state index contributed by atoms with van der Waals surface area (Å²) in [6.07, 6.45) is 1.55. The van der Waals surface area contributed by atoms with Gasteiger partial charge in [0.1, 0.15) is 0 Å². The Morgan fingerprint density at radius 2 is 1.77 bits per heavy atom. The molecule has 0 radical (unpaired) electrons. The van der Waals surface area contributed by atoms with Crippen LogP contribution in [-0.2, 0) is 16.6 Å². The summed E-state index contributed by atoms with van der Waals surface area (Å²) in [5, 5.41) is 2.08. The molecule has 22 heavy (non-hydrogen) atoms. The molecule has 0 saturated carbocycles. The highest BCUT2D eigenvalue weighted by Gasteiger charge is 2.07. The normalized spacial score (nSPS) is 12.0. The van der Waals surface area contributed by atoms with Crippen molar-refractivity contribution in [1.82, 2.24) is 4.72 Å². The highest BCUT2D eigenvalue weighted by atomic mass is 35.5. The zero-order valence-electron chi connectivity index (χ0n) is 11.9. The van der Waals surface area contributed by atoms with Crippen LogP contribution in [0.2, 0.25) is 10.0 Å². The molecule has 6 heteroatoms. The van der Waals surface area contributed by atoms with Crippen molar-refractivity contribution in [3.63, 3.8) is 0 Å². The molecule has 0 amide bonds. The molecule has 0 aliphatic heterocycles. The van der Waals surface area contributed by atoms with Gasteiger partial charge in [0.2, 0.25) is 10.0 Å². The van der Waals surface area contributed by atoms with E-state index in [1.165, 1.54) is 0 Å². The Morgan fingerprint density at radius 3 is 2.41 bits per heavy atom. The van der Waals surface area contributed by atoms with Crippen LogP contribution in [0.3, 0.4) is 0 Å². The summed E-state index contributed by atoms with van der Waals surface area (Å²) in [5.74, 6) is 0. The predicted octanol–water partition coefficient (Wildman–Crippen LogP) is 4.39. The highest BCUT2D eigenvalue weighted by molar-refractivity contribution is 7.92. The van der Waals surface area contributed by atoms with E-state index in [0.29, 0.717) is 15.6 Å². The van der Waals surface area contributed by atoms with Gasteiger partial charge in [-0.3, -0.25) is 0 Å². The maximum atomic E-state index is 12.0. The maximum Gasteiger partial charge on any atom is 0.234 e. The van der Waals surface area contributed by atoms with Crippen LogP contribution >= 0.6 is 23.2 Å². The molecule has 0 heterocycles. The fraction of sp³-hybridized carbons (Fsp3) is 0.125. The molecule has 0 spiro atoms. The quantitative estimate of drug-likeness (QED) is 0.864. The van der Waals surface area contributed by atoms with Gasteiger partial charge in [0.05, 0.1) is 0 Å². The Morgan fingerprint density at radius 1 is 1.09 bits per heavy atom. The van der Waals surface area contributed by atoms with Gasteiger partial charge < -0.3 is 0 Å². The second-order valence-corrected chi connectivity index (χ2v) is 7.31. The van der Waals surface area contributed by atoms with Crippen LogP contribution in [0.15, 0.2) is 47.9 Å². The minimum Gasteiger partial charge on any atom is -0.208 e. The second-order valence-electron chi connectivity index (χ2n) is 4.82. The van der Waals surface area contributed by atoms with E-state index in [1.54, 1.807) is 24.3 Å².